The largest absolute Gasteiger partial charge is 0.493 e. The van der Waals surface area contributed by atoms with Crippen LogP contribution in [0.15, 0.2) is 18.2 Å². The first-order chi connectivity index (χ1) is 13.5. The Labute approximate surface area is 165 Å². The zero-order valence-electron chi connectivity index (χ0n) is 16.9. The summed E-state index contributed by atoms with van der Waals surface area (Å²) in [5.41, 5.74) is 3.54. The lowest BCUT2D eigenvalue weighted by Crippen LogP contribution is -2.35. The van der Waals surface area contributed by atoms with Gasteiger partial charge in [0.1, 0.15) is 12.3 Å². The highest BCUT2D eigenvalue weighted by molar-refractivity contribution is 5.94. The van der Waals surface area contributed by atoms with E-state index in [1.54, 1.807) is 7.11 Å². The fraction of sp³-hybridized carbons (Fsp3) is 0.524. The minimum Gasteiger partial charge on any atom is -0.493 e. The Bertz CT molecular complexity index is 892. The number of carbonyl (C=O) groups excluding carboxylic acids is 1. The molecular weight excluding hydrogens is 358 g/mol. The predicted octanol–water partition coefficient (Wildman–Crippen LogP) is 2.97. The van der Waals surface area contributed by atoms with Gasteiger partial charge in [-0.1, -0.05) is 12.1 Å². The summed E-state index contributed by atoms with van der Waals surface area (Å²) in [6.07, 6.45) is 0.673. The van der Waals surface area contributed by atoms with Crippen LogP contribution in [0.5, 0.6) is 11.5 Å². The molecule has 0 spiro atoms. The maximum absolute atomic E-state index is 13.6. The minimum atomic E-state index is -0.101. The highest BCUT2D eigenvalue weighted by Gasteiger charge is 2.34. The molecule has 2 aliphatic heterocycles. The summed E-state index contributed by atoms with van der Waals surface area (Å²) in [5.74, 6) is 1.42. The highest BCUT2D eigenvalue weighted by Crippen LogP contribution is 2.35. The summed E-state index contributed by atoms with van der Waals surface area (Å²) in [6.45, 7) is 8.12. The van der Waals surface area contributed by atoms with E-state index in [0.29, 0.717) is 44.1 Å². The number of aryl methyl sites for hydroxylation is 1. The Kier molecular flexibility index (Phi) is 5.02. The molecule has 4 rings (SSSR count). The second kappa shape index (κ2) is 7.47. The molecule has 1 aromatic carbocycles. The van der Waals surface area contributed by atoms with Gasteiger partial charge in [0.15, 0.2) is 11.5 Å². The SMILES string of the molecule is CCn1nc2c(c1C(=O)N1CCOc3c(cccc3OC)C1)C[C@H](C)O[C@@H]2C. The third-order valence-electron chi connectivity index (χ3n) is 5.43. The first-order valence-corrected chi connectivity index (χ1v) is 9.86. The summed E-state index contributed by atoms with van der Waals surface area (Å²) in [5, 5.41) is 4.69. The van der Waals surface area contributed by atoms with Crippen molar-refractivity contribution in [3.8, 4) is 11.5 Å². The van der Waals surface area contributed by atoms with Gasteiger partial charge in [0.05, 0.1) is 31.6 Å². The molecule has 0 bridgehead atoms. The van der Waals surface area contributed by atoms with Crippen LogP contribution in [0.25, 0.3) is 0 Å². The van der Waals surface area contributed by atoms with Crippen LogP contribution >= 0.6 is 0 Å². The first kappa shape index (κ1) is 18.8. The predicted molar refractivity (Wildman–Crippen MR) is 104 cm³/mol. The van der Waals surface area contributed by atoms with Gasteiger partial charge in [0.25, 0.3) is 5.91 Å². The van der Waals surface area contributed by atoms with Gasteiger partial charge in [-0.15, -0.1) is 0 Å². The van der Waals surface area contributed by atoms with Crippen LogP contribution < -0.4 is 9.47 Å². The lowest BCUT2D eigenvalue weighted by molar-refractivity contribution is -0.00716. The fourth-order valence-electron chi connectivity index (χ4n) is 4.14. The number of nitrogens with zero attached hydrogens (tertiary/aromatic N) is 3. The Morgan fingerprint density at radius 2 is 2.18 bits per heavy atom. The molecule has 28 heavy (non-hydrogen) atoms. The maximum atomic E-state index is 13.6. The van der Waals surface area contributed by atoms with Crippen molar-refractivity contribution in [2.75, 3.05) is 20.3 Å². The molecule has 0 saturated carbocycles. The quantitative estimate of drug-likeness (QED) is 0.813. The van der Waals surface area contributed by atoms with E-state index in [0.717, 1.165) is 22.6 Å². The second-order valence-electron chi connectivity index (χ2n) is 7.34. The molecule has 0 saturated heterocycles. The fourth-order valence-corrected chi connectivity index (χ4v) is 4.14. The molecule has 2 atom stereocenters. The van der Waals surface area contributed by atoms with Crippen molar-refractivity contribution in [3.63, 3.8) is 0 Å². The van der Waals surface area contributed by atoms with Crippen LogP contribution in [-0.2, 0) is 24.2 Å². The number of aromatic nitrogens is 2. The molecule has 0 radical (unpaired) electrons. The minimum absolute atomic E-state index is 0.00355. The zero-order chi connectivity index (χ0) is 19.8. The average molecular weight is 385 g/mol. The highest BCUT2D eigenvalue weighted by atomic mass is 16.5. The summed E-state index contributed by atoms with van der Waals surface area (Å²) < 4.78 is 19.1. The standard InChI is InChI=1S/C21H27N3O4/c1-5-24-19(16-11-13(2)28-14(3)18(16)22-24)21(25)23-9-10-27-20-15(12-23)7-6-8-17(20)26-4/h6-8,13-14H,5,9-12H2,1-4H3/t13-,14+/m0/s1. The van der Waals surface area contributed by atoms with Gasteiger partial charge < -0.3 is 19.1 Å². The molecule has 1 amide bonds. The van der Waals surface area contributed by atoms with Crippen LogP contribution in [0, 0.1) is 0 Å². The number of amides is 1. The van der Waals surface area contributed by atoms with E-state index in [1.807, 2.05) is 48.6 Å². The molecule has 2 aromatic rings. The van der Waals surface area contributed by atoms with Crippen molar-refractivity contribution in [1.29, 1.82) is 0 Å². The van der Waals surface area contributed by atoms with E-state index in [1.165, 1.54) is 0 Å². The number of ether oxygens (including phenoxy) is 3. The van der Waals surface area contributed by atoms with Crippen molar-refractivity contribution in [1.82, 2.24) is 14.7 Å². The Balaban J connectivity index is 1.70. The molecule has 2 aliphatic rings. The second-order valence-corrected chi connectivity index (χ2v) is 7.34. The summed E-state index contributed by atoms with van der Waals surface area (Å²) in [4.78, 5) is 15.4. The third kappa shape index (κ3) is 3.13. The number of para-hydroxylation sites is 1. The summed E-state index contributed by atoms with van der Waals surface area (Å²) in [7, 11) is 1.63. The first-order valence-electron chi connectivity index (χ1n) is 9.86. The molecule has 0 N–H and O–H groups in total. The number of fused-ring (bicyclic) bond motifs is 2. The van der Waals surface area contributed by atoms with Crippen LogP contribution in [0.1, 0.15) is 54.2 Å². The molecule has 0 fully saturated rings. The van der Waals surface area contributed by atoms with Crippen LogP contribution in [0.3, 0.4) is 0 Å². The van der Waals surface area contributed by atoms with E-state index >= 15 is 0 Å². The van der Waals surface area contributed by atoms with Gasteiger partial charge in [0.2, 0.25) is 0 Å². The third-order valence-corrected chi connectivity index (χ3v) is 5.43. The Morgan fingerprint density at radius 1 is 1.36 bits per heavy atom. The molecule has 150 valence electrons. The van der Waals surface area contributed by atoms with Gasteiger partial charge in [0, 0.05) is 30.6 Å². The van der Waals surface area contributed by atoms with Crippen LogP contribution in [0.4, 0.5) is 0 Å². The van der Waals surface area contributed by atoms with Crippen LogP contribution in [0.2, 0.25) is 0 Å². The molecule has 7 heteroatoms. The molecule has 1 aromatic heterocycles. The Hall–Kier alpha value is -2.54. The Morgan fingerprint density at radius 3 is 2.93 bits per heavy atom. The summed E-state index contributed by atoms with van der Waals surface area (Å²) >= 11 is 0. The average Bonchev–Trinajstić information content (AvgIpc) is 2.91. The smallest absolute Gasteiger partial charge is 0.272 e. The molecule has 0 aliphatic carbocycles. The number of benzene rings is 1. The van der Waals surface area contributed by atoms with E-state index in [2.05, 4.69) is 5.10 Å². The molecule has 3 heterocycles. The summed E-state index contributed by atoms with van der Waals surface area (Å²) in [6, 6.07) is 5.78. The molecule has 0 unspecified atom stereocenters. The van der Waals surface area contributed by atoms with Gasteiger partial charge in [-0.25, -0.2) is 0 Å². The number of hydrogen-bond donors (Lipinski definition) is 0. The van der Waals surface area contributed by atoms with E-state index in [4.69, 9.17) is 14.2 Å². The van der Waals surface area contributed by atoms with Gasteiger partial charge in [-0.05, 0) is 26.8 Å². The molecule has 7 nitrogen and oxygen atoms in total. The number of methoxy groups -OCH3 is 1. The maximum Gasteiger partial charge on any atom is 0.272 e. The molecular formula is C21H27N3O4. The van der Waals surface area contributed by atoms with Crippen molar-refractivity contribution in [2.24, 2.45) is 0 Å². The van der Waals surface area contributed by atoms with Crippen molar-refractivity contribution in [2.45, 2.75) is 52.5 Å². The lowest BCUT2D eigenvalue weighted by atomic mass is 9.99. The van der Waals surface area contributed by atoms with Crippen LogP contribution in [-0.4, -0.2) is 47.0 Å². The monoisotopic (exact) mass is 385 g/mol. The number of hydrogen-bond acceptors (Lipinski definition) is 5. The van der Waals surface area contributed by atoms with E-state index in [-0.39, 0.29) is 18.1 Å². The van der Waals surface area contributed by atoms with Gasteiger partial charge in [-0.2, -0.15) is 5.10 Å². The van der Waals surface area contributed by atoms with Crippen molar-refractivity contribution >= 4 is 5.91 Å². The topological polar surface area (TPSA) is 65.8 Å². The number of rotatable bonds is 3. The normalized spacial score (nSPS) is 21.4. The van der Waals surface area contributed by atoms with Gasteiger partial charge in [-0.3, -0.25) is 9.48 Å². The van der Waals surface area contributed by atoms with Crippen molar-refractivity contribution in [3.05, 3.63) is 40.7 Å². The zero-order valence-corrected chi connectivity index (χ0v) is 16.9. The van der Waals surface area contributed by atoms with E-state index in [9.17, 15) is 4.79 Å². The number of carbonyl (C=O) groups is 1. The van der Waals surface area contributed by atoms with E-state index < -0.39 is 0 Å². The van der Waals surface area contributed by atoms with Crippen molar-refractivity contribution < 1.29 is 19.0 Å². The van der Waals surface area contributed by atoms with Gasteiger partial charge >= 0.3 is 0 Å². The lowest BCUT2D eigenvalue weighted by Gasteiger charge is -2.26.